The lowest BCUT2D eigenvalue weighted by Gasteiger charge is -1.96. The van der Waals surface area contributed by atoms with Crippen LogP contribution in [0.5, 0.6) is 0 Å². The molecule has 2 N–H and O–H groups in total. The third kappa shape index (κ3) is 3.34. The van der Waals surface area contributed by atoms with Gasteiger partial charge in [0.2, 0.25) is 0 Å². The number of nitrogens with zero attached hydrogens (tertiary/aromatic N) is 1. The zero-order valence-corrected chi connectivity index (χ0v) is 7.49. The summed E-state index contributed by atoms with van der Waals surface area (Å²) in [5.41, 5.74) is 5.32. The number of thioether (sulfide) groups is 1. The van der Waals surface area contributed by atoms with Crippen molar-refractivity contribution in [3.63, 3.8) is 0 Å². The number of hydrogen-bond donors (Lipinski definition) is 1. The van der Waals surface area contributed by atoms with E-state index in [1.54, 1.807) is 18.0 Å². The summed E-state index contributed by atoms with van der Waals surface area (Å²) in [4.78, 5) is 4.61. The molecule has 0 bridgehead atoms. The van der Waals surface area contributed by atoms with Gasteiger partial charge in [-0.15, -0.1) is 0 Å². The minimum Gasteiger partial charge on any atom is -0.393 e. The van der Waals surface area contributed by atoms with Gasteiger partial charge in [0.1, 0.15) is 0 Å². The average Bonchev–Trinajstić information content (AvgIpc) is 2.03. The fraction of sp³-hybridized carbons (Fsp3) is 0.143. The van der Waals surface area contributed by atoms with Crippen molar-refractivity contribution in [1.82, 2.24) is 4.98 Å². The van der Waals surface area contributed by atoms with E-state index in [-0.39, 0.29) is 0 Å². The Bertz CT molecular complexity index is 235. The third-order valence-electron chi connectivity index (χ3n) is 1.00. The first-order chi connectivity index (χ1) is 5.29. The molecule has 4 heteroatoms. The highest BCUT2D eigenvalue weighted by Gasteiger charge is 1.93. The number of nitrogens with two attached hydrogens (primary N) is 1. The molecule has 1 aromatic heterocycles. The average molecular weight is 184 g/mol. The van der Waals surface area contributed by atoms with E-state index in [2.05, 4.69) is 4.98 Å². The summed E-state index contributed by atoms with van der Waals surface area (Å²) in [5, 5.41) is 0.959. The van der Waals surface area contributed by atoms with E-state index in [1.165, 1.54) is 0 Å². The minimum atomic E-state index is 0.514. The normalized spacial score (nSPS) is 9.45. The van der Waals surface area contributed by atoms with Gasteiger partial charge >= 0.3 is 0 Å². The molecule has 0 fully saturated rings. The van der Waals surface area contributed by atoms with Crippen LogP contribution in [-0.4, -0.2) is 15.7 Å². The molecular weight excluding hydrogens is 176 g/mol. The fourth-order valence-electron chi connectivity index (χ4n) is 0.578. The second kappa shape index (κ2) is 4.31. The van der Waals surface area contributed by atoms with Crippen molar-refractivity contribution in [2.45, 2.75) is 5.03 Å². The fourth-order valence-corrected chi connectivity index (χ4v) is 1.35. The predicted octanol–water partition coefficient (Wildman–Crippen LogP) is 1.46. The van der Waals surface area contributed by atoms with E-state index in [0.29, 0.717) is 10.7 Å². The summed E-state index contributed by atoms with van der Waals surface area (Å²) >= 11 is 6.28. The van der Waals surface area contributed by atoms with Gasteiger partial charge in [0.15, 0.2) is 0 Å². The van der Waals surface area contributed by atoms with Crippen LogP contribution in [0.2, 0.25) is 0 Å². The Balaban J connectivity index is 2.45. The van der Waals surface area contributed by atoms with Crippen LogP contribution < -0.4 is 5.73 Å². The number of pyridine rings is 1. The second-order valence-corrected chi connectivity index (χ2v) is 3.44. The van der Waals surface area contributed by atoms with E-state index in [9.17, 15) is 0 Å². The van der Waals surface area contributed by atoms with E-state index in [0.717, 1.165) is 5.03 Å². The molecule has 11 heavy (non-hydrogen) atoms. The number of aromatic nitrogens is 1. The molecule has 58 valence electrons. The topological polar surface area (TPSA) is 38.9 Å². The SMILES string of the molecule is NC(=S)CSc1ccccn1. The molecule has 0 saturated carbocycles. The highest BCUT2D eigenvalue weighted by Crippen LogP contribution is 2.12. The van der Waals surface area contributed by atoms with Gasteiger partial charge in [-0.1, -0.05) is 30.0 Å². The lowest BCUT2D eigenvalue weighted by atomic mass is 10.5. The molecule has 0 aliphatic heterocycles. The Kier molecular flexibility index (Phi) is 3.32. The van der Waals surface area contributed by atoms with Crippen molar-refractivity contribution in [3.05, 3.63) is 24.4 Å². The highest BCUT2D eigenvalue weighted by molar-refractivity contribution is 8.01. The Morgan fingerprint density at radius 2 is 2.45 bits per heavy atom. The van der Waals surface area contributed by atoms with Crippen molar-refractivity contribution in [3.8, 4) is 0 Å². The molecule has 0 aromatic carbocycles. The second-order valence-electron chi connectivity index (χ2n) is 1.92. The standard InChI is InChI=1S/C7H8N2S2/c8-6(10)5-11-7-3-1-2-4-9-7/h1-4H,5H2,(H2,8,10). The Hall–Kier alpha value is -0.610. The van der Waals surface area contributed by atoms with Crippen molar-refractivity contribution in [1.29, 1.82) is 0 Å². The molecule has 1 rings (SSSR count). The van der Waals surface area contributed by atoms with E-state index >= 15 is 0 Å². The van der Waals surface area contributed by atoms with Crippen molar-refractivity contribution < 1.29 is 0 Å². The van der Waals surface area contributed by atoms with Gasteiger partial charge in [-0.3, -0.25) is 0 Å². The van der Waals surface area contributed by atoms with Gasteiger partial charge in [-0.25, -0.2) is 4.98 Å². The van der Waals surface area contributed by atoms with E-state index in [1.807, 2.05) is 18.2 Å². The summed E-state index contributed by atoms with van der Waals surface area (Å²) in [6, 6.07) is 5.75. The predicted molar refractivity (Wildman–Crippen MR) is 51.7 cm³/mol. The monoisotopic (exact) mass is 184 g/mol. The summed E-state index contributed by atoms with van der Waals surface area (Å²) in [7, 11) is 0. The van der Waals surface area contributed by atoms with Gasteiger partial charge < -0.3 is 5.73 Å². The number of hydrogen-bond acceptors (Lipinski definition) is 3. The maximum atomic E-state index is 5.32. The van der Waals surface area contributed by atoms with Crippen molar-refractivity contribution in [2.24, 2.45) is 5.73 Å². The van der Waals surface area contributed by atoms with Crippen molar-refractivity contribution in [2.75, 3.05) is 5.75 Å². The summed E-state index contributed by atoms with van der Waals surface area (Å²) in [5.74, 6) is 0.659. The van der Waals surface area contributed by atoms with Gasteiger partial charge in [-0.05, 0) is 12.1 Å². The van der Waals surface area contributed by atoms with Crippen molar-refractivity contribution >= 4 is 29.0 Å². The summed E-state index contributed by atoms with van der Waals surface area (Å²) < 4.78 is 0. The third-order valence-corrected chi connectivity index (χ3v) is 2.32. The first-order valence-electron chi connectivity index (χ1n) is 3.11. The zero-order chi connectivity index (χ0) is 8.10. The molecule has 0 spiro atoms. The molecule has 0 atom stereocenters. The maximum Gasteiger partial charge on any atom is 0.0963 e. The quantitative estimate of drug-likeness (QED) is 0.570. The van der Waals surface area contributed by atoms with Crippen LogP contribution in [0.15, 0.2) is 29.4 Å². The summed E-state index contributed by atoms with van der Waals surface area (Å²) in [6.07, 6.45) is 1.75. The largest absolute Gasteiger partial charge is 0.393 e. The Labute approximate surface area is 75.2 Å². The molecule has 0 saturated heterocycles. The Morgan fingerprint density at radius 3 is 3.00 bits per heavy atom. The number of thiocarbonyl (C=S) groups is 1. The molecule has 0 aliphatic rings. The van der Waals surface area contributed by atoms with Gasteiger partial charge in [0.25, 0.3) is 0 Å². The van der Waals surface area contributed by atoms with Crippen LogP contribution in [0.25, 0.3) is 0 Å². The van der Waals surface area contributed by atoms with Crippen LogP contribution >= 0.6 is 24.0 Å². The van der Waals surface area contributed by atoms with Crippen LogP contribution in [0.1, 0.15) is 0 Å². The molecular formula is C7H8N2S2. The molecule has 1 heterocycles. The maximum absolute atomic E-state index is 5.32. The van der Waals surface area contributed by atoms with E-state index < -0.39 is 0 Å². The molecule has 2 nitrogen and oxygen atoms in total. The molecule has 0 amide bonds. The molecule has 0 unspecified atom stereocenters. The first kappa shape index (κ1) is 8.49. The minimum absolute atomic E-state index is 0.514. The van der Waals surface area contributed by atoms with Crippen LogP contribution in [0.4, 0.5) is 0 Å². The molecule has 0 radical (unpaired) electrons. The Morgan fingerprint density at radius 1 is 1.64 bits per heavy atom. The van der Waals surface area contributed by atoms with Crippen LogP contribution in [0.3, 0.4) is 0 Å². The highest BCUT2D eigenvalue weighted by atomic mass is 32.2. The lowest BCUT2D eigenvalue weighted by molar-refractivity contribution is 1.14. The van der Waals surface area contributed by atoms with Crippen LogP contribution in [0, 0.1) is 0 Å². The van der Waals surface area contributed by atoms with Gasteiger partial charge in [0, 0.05) is 11.9 Å². The zero-order valence-electron chi connectivity index (χ0n) is 5.86. The van der Waals surface area contributed by atoms with E-state index in [4.69, 9.17) is 18.0 Å². The number of rotatable bonds is 3. The van der Waals surface area contributed by atoms with Crippen LogP contribution in [-0.2, 0) is 0 Å². The lowest BCUT2D eigenvalue weighted by Crippen LogP contribution is -2.10. The molecule has 1 aromatic rings. The van der Waals surface area contributed by atoms with Gasteiger partial charge in [0.05, 0.1) is 10.0 Å². The smallest absolute Gasteiger partial charge is 0.0963 e. The first-order valence-corrected chi connectivity index (χ1v) is 4.50. The summed E-state index contributed by atoms with van der Waals surface area (Å²) in [6.45, 7) is 0. The molecule has 0 aliphatic carbocycles. The van der Waals surface area contributed by atoms with Gasteiger partial charge in [-0.2, -0.15) is 0 Å².